The molecule has 0 radical (unpaired) electrons. The third-order valence-corrected chi connectivity index (χ3v) is 3.29. The van der Waals surface area contributed by atoms with Crippen LogP contribution in [0.4, 0.5) is 0 Å². The van der Waals surface area contributed by atoms with Gasteiger partial charge >= 0.3 is 0 Å². The van der Waals surface area contributed by atoms with Gasteiger partial charge in [0.05, 0.1) is 6.54 Å². The fourth-order valence-corrected chi connectivity index (χ4v) is 2.09. The summed E-state index contributed by atoms with van der Waals surface area (Å²) in [4.78, 5) is 23.0. The summed E-state index contributed by atoms with van der Waals surface area (Å²) >= 11 is 3.35. The van der Waals surface area contributed by atoms with Gasteiger partial charge in [0.1, 0.15) is 5.58 Å². The number of hydrogen-bond donors (Lipinski definition) is 2. The van der Waals surface area contributed by atoms with Crippen LogP contribution in [0.5, 0.6) is 0 Å². The van der Waals surface area contributed by atoms with Crippen molar-refractivity contribution < 1.29 is 14.0 Å². The number of fused-ring (bicyclic) bond motifs is 1. The van der Waals surface area contributed by atoms with E-state index in [0.29, 0.717) is 5.58 Å². The summed E-state index contributed by atoms with van der Waals surface area (Å²) in [6.07, 6.45) is 0. The predicted octanol–water partition coefficient (Wildman–Crippen LogP) is 1.98. The molecule has 0 atom stereocenters. The molecule has 0 fully saturated rings. The zero-order valence-electron chi connectivity index (χ0n) is 10.5. The molecule has 1 aromatic heterocycles. The summed E-state index contributed by atoms with van der Waals surface area (Å²) in [6.45, 7) is 1.74. The van der Waals surface area contributed by atoms with Gasteiger partial charge in [0, 0.05) is 22.5 Å². The third-order valence-electron chi connectivity index (χ3n) is 2.79. The largest absolute Gasteiger partial charge is 0.451 e. The summed E-state index contributed by atoms with van der Waals surface area (Å²) in [6, 6.07) is 5.57. The van der Waals surface area contributed by atoms with Gasteiger partial charge in [-0.05, 0) is 25.1 Å². The highest BCUT2D eigenvalue weighted by molar-refractivity contribution is 9.10. The summed E-state index contributed by atoms with van der Waals surface area (Å²) in [7, 11) is 1.51. The maximum atomic E-state index is 11.9. The molecule has 100 valence electrons. The topological polar surface area (TPSA) is 71.3 Å². The molecule has 0 aliphatic carbocycles. The van der Waals surface area contributed by atoms with Crippen molar-refractivity contribution in [2.24, 2.45) is 0 Å². The summed E-state index contributed by atoms with van der Waals surface area (Å²) < 4.78 is 6.41. The van der Waals surface area contributed by atoms with Crippen molar-refractivity contribution in [3.63, 3.8) is 0 Å². The third kappa shape index (κ3) is 2.78. The molecule has 1 heterocycles. The normalized spacial score (nSPS) is 10.5. The lowest BCUT2D eigenvalue weighted by Crippen LogP contribution is -2.35. The first-order valence-corrected chi connectivity index (χ1v) is 6.49. The molecule has 0 bridgehead atoms. The van der Waals surface area contributed by atoms with E-state index >= 15 is 0 Å². The van der Waals surface area contributed by atoms with Gasteiger partial charge in [0.15, 0.2) is 5.76 Å². The molecule has 5 nitrogen and oxygen atoms in total. The van der Waals surface area contributed by atoms with E-state index in [2.05, 4.69) is 26.6 Å². The number of benzene rings is 1. The monoisotopic (exact) mass is 324 g/mol. The average molecular weight is 325 g/mol. The first kappa shape index (κ1) is 13.6. The average Bonchev–Trinajstić information content (AvgIpc) is 2.72. The molecule has 2 amide bonds. The fraction of sp³-hybridized carbons (Fsp3) is 0.231. The second-order valence-corrected chi connectivity index (χ2v) is 4.97. The molecule has 2 aromatic rings. The minimum atomic E-state index is -0.395. The first-order valence-electron chi connectivity index (χ1n) is 5.70. The smallest absolute Gasteiger partial charge is 0.287 e. The van der Waals surface area contributed by atoms with E-state index in [4.69, 9.17) is 4.42 Å². The molecule has 0 unspecified atom stereocenters. The van der Waals surface area contributed by atoms with Crippen LogP contribution < -0.4 is 10.6 Å². The van der Waals surface area contributed by atoms with Crippen LogP contribution in [0.3, 0.4) is 0 Å². The lowest BCUT2D eigenvalue weighted by Gasteiger charge is -2.02. The summed E-state index contributed by atoms with van der Waals surface area (Å²) in [5.74, 6) is -0.421. The Kier molecular flexibility index (Phi) is 3.90. The Morgan fingerprint density at radius 3 is 2.79 bits per heavy atom. The van der Waals surface area contributed by atoms with E-state index in [1.54, 1.807) is 6.07 Å². The van der Waals surface area contributed by atoms with Crippen LogP contribution in [0.25, 0.3) is 11.0 Å². The van der Waals surface area contributed by atoms with Crippen LogP contribution in [0.1, 0.15) is 16.1 Å². The number of hydrogen-bond acceptors (Lipinski definition) is 3. The van der Waals surface area contributed by atoms with Crippen LogP contribution >= 0.6 is 15.9 Å². The molecule has 0 saturated heterocycles. The van der Waals surface area contributed by atoms with Crippen LogP contribution in [0.2, 0.25) is 0 Å². The van der Waals surface area contributed by atoms with Crippen molar-refractivity contribution in [2.75, 3.05) is 13.6 Å². The Hall–Kier alpha value is -1.82. The van der Waals surface area contributed by atoms with Gasteiger partial charge in [0.25, 0.3) is 5.91 Å². The van der Waals surface area contributed by atoms with Crippen molar-refractivity contribution in [3.8, 4) is 0 Å². The molecule has 6 heteroatoms. The molecule has 19 heavy (non-hydrogen) atoms. The Bertz CT molecular complexity index is 649. The van der Waals surface area contributed by atoms with E-state index in [1.807, 2.05) is 19.1 Å². The van der Waals surface area contributed by atoms with Gasteiger partial charge < -0.3 is 15.1 Å². The predicted molar refractivity (Wildman–Crippen MR) is 75.1 cm³/mol. The second kappa shape index (κ2) is 5.44. The van der Waals surface area contributed by atoms with Crippen molar-refractivity contribution in [1.29, 1.82) is 0 Å². The van der Waals surface area contributed by atoms with E-state index < -0.39 is 5.91 Å². The second-order valence-electron chi connectivity index (χ2n) is 4.05. The molecular formula is C13H13BrN2O3. The van der Waals surface area contributed by atoms with Crippen molar-refractivity contribution in [2.45, 2.75) is 6.92 Å². The van der Waals surface area contributed by atoms with Gasteiger partial charge in [0.2, 0.25) is 5.91 Å². The lowest BCUT2D eigenvalue weighted by atomic mass is 10.1. The molecule has 0 aliphatic heterocycles. The quantitative estimate of drug-likeness (QED) is 0.906. The molecule has 0 aliphatic rings. The van der Waals surface area contributed by atoms with E-state index in [9.17, 15) is 9.59 Å². The molecule has 2 rings (SSSR count). The highest BCUT2D eigenvalue weighted by Crippen LogP contribution is 2.27. The van der Waals surface area contributed by atoms with Crippen LogP contribution in [-0.4, -0.2) is 25.4 Å². The van der Waals surface area contributed by atoms with Crippen molar-refractivity contribution >= 4 is 38.7 Å². The summed E-state index contributed by atoms with van der Waals surface area (Å²) in [5.41, 5.74) is 1.40. The summed E-state index contributed by atoms with van der Waals surface area (Å²) in [5, 5.41) is 5.82. The minimum absolute atomic E-state index is 0.0739. The lowest BCUT2D eigenvalue weighted by molar-refractivity contribution is -0.119. The number of carbonyl (C=O) groups excluding carboxylic acids is 2. The van der Waals surface area contributed by atoms with Gasteiger partial charge in [-0.25, -0.2) is 0 Å². The number of aryl methyl sites for hydroxylation is 1. The van der Waals surface area contributed by atoms with Crippen molar-refractivity contribution in [1.82, 2.24) is 10.6 Å². The Labute approximate surface area is 118 Å². The van der Waals surface area contributed by atoms with Crippen LogP contribution in [0, 0.1) is 6.92 Å². The standard InChI is InChI=1S/C13H13BrN2O3/c1-7-9-4-3-8(14)5-10(9)19-12(7)13(18)16-6-11(17)15-2/h3-5H,6H2,1-2H3,(H,15,17)(H,16,18). The van der Waals surface area contributed by atoms with E-state index in [0.717, 1.165) is 15.4 Å². The van der Waals surface area contributed by atoms with Crippen LogP contribution in [0.15, 0.2) is 27.1 Å². The molecule has 0 spiro atoms. The number of halogens is 1. The first-order chi connectivity index (χ1) is 9.02. The molecule has 1 aromatic carbocycles. The molecule has 0 saturated carbocycles. The Morgan fingerprint density at radius 1 is 1.37 bits per heavy atom. The number of amides is 2. The highest BCUT2D eigenvalue weighted by Gasteiger charge is 2.17. The molecular weight excluding hydrogens is 312 g/mol. The van der Waals surface area contributed by atoms with Gasteiger partial charge in [-0.2, -0.15) is 0 Å². The van der Waals surface area contributed by atoms with E-state index in [1.165, 1.54) is 7.05 Å². The van der Waals surface area contributed by atoms with Crippen LogP contribution in [-0.2, 0) is 4.79 Å². The number of furan rings is 1. The zero-order chi connectivity index (χ0) is 14.0. The SMILES string of the molecule is CNC(=O)CNC(=O)c1oc2cc(Br)ccc2c1C. The van der Waals surface area contributed by atoms with Gasteiger partial charge in [-0.1, -0.05) is 15.9 Å². The number of nitrogens with one attached hydrogen (secondary N) is 2. The number of likely N-dealkylation sites (N-methyl/N-ethyl adjacent to an activating group) is 1. The Balaban J connectivity index is 2.27. The van der Waals surface area contributed by atoms with E-state index in [-0.39, 0.29) is 18.2 Å². The number of carbonyl (C=O) groups is 2. The zero-order valence-corrected chi connectivity index (χ0v) is 12.1. The molecule has 2 N–H and O–H groups in total. The maximum absolute atomic E-state index is 11.9. The van der Waals surface area contributed by atoms with Gasteiger partial charge in [-0.15, -0.1) is 0 Å². The number of rotatable bonds is 3. The highest BCUT2D eigenvalue weighted by atomic mass is 79.9. The van der Waals surface area contributed by atoms with Gasteiger partial charge in [-0.3, -0.25) is 9.59 Å². The Morgan fingerprint density at radius 2 is 2.11 bits per heavy atom. The minimum Gasteiger partial charge on any atom is -0.451 e. The van der Waals surface area contributed by atoms with Crippen molar-refractivity contribution in [3.05, 3.63) is 34.0 Å². The fourth-order valence-electron chi connectivity index (χ4n) is 1.75. The maximum Gasteiger partial charge on any atom is 0.287 e.